The van der Waals surface area contributed by atoms with E-state index in [0.717, 1.165) is 18.4 Å². The van der Waals surface area contributed by atoms with Gasteiger partial charge in [-0.2, -0.15) is 0 Å². The maximum atomic E-state index is 11.8. The van der Waals surface area contributed by atoms with Crippen LogP contribution >= 0.6 is 0 Å². The van der Waals surface area contributed by atoms with Gasteiger partial charge in [0.2, 0.25) is 5.91 Å². The van der Waals surface area contributed by atoms with E-state index >= 15 is 0 Å². The van der Waals surface area contributed by atoms with E-state index in [-0.39, 0.29) is 30.9 Å². The van der Waals surface area contributed by atoms with E-state index in [0.29, 0.717) is 18.7 Å². The fraction of sp³-hybridized carbons (Fsp3) is 0.438. The maximum Gasteiger partial charge on any atom is 0.305 e. The molecule has 2 rings (SSSR count). The van der Waals surface area contributed by atoms with Crippen molar-refractivity contribution in [2.24, 2.45) is 0 Å². The van der Waals surface area contributed by atoms with Crippen molar-refractivity contribution in [1.82, 2.24) is 10.6 Å². The van der Waals surface area contributed by atoms with Crippen molar-refractivity contribution in [3.63, 3.8) is 0 Å². The van der Waals surface area contributed by atoms with Crippen LogP contribution in [0.25, 0.3) is 0 Å². The third-order valence-electron chi connectivity index (χ3n) is 3.53. The van der Waals surface area contributed by atoms with E-state index in [9.17, 15) is 14.4 Å². The van der Waals surface area contributed by atoms with Gasteiger partial charge in [0.05, 0.1) is 6.42 Å². The summed E-state index contributed by atoms with van der Waals surface area (Å²) in [5.41, 5.74) is 1.32. The van der Waals surface area contributed by atoms with Crippen molar-refractivity contribution < 1.29 is 24.2 Å². The molecule has 1 aliphatic rings. The van der Waals surface area contributed by atoms with Crippen LogP contribution in [-0.4, -0.2) is 42.1 Å². The molecule has 1 atom stereocenters. The van der Waals surface area contributed by atoms with Gasteiger partial charge in [-0.15, -0.1) is 0 Å². The summed E-state index contributed by atoms with van der Waals surface area (Å²) in [5, 5.41) is 13.9. The standard InChI is InChI=1S/C16H20N2O5/c19-14(20)7-8-17-15(21)12-5-3-11(4-6-12)10-18-16(22)13-2-1-9-23-13/h3-6,13H,1-2,7-10H2,(H,17,21)(H,18,22)(H,19,20). The van der Waals surface area contributed by atoms with Gasteiger partial charge < -0.3 is 20.5 Å². The highest BCUT2D eigenvalue weighted by Crippen LogP contribution is 2.12. The Bertz CT molecular complexity index is 564. The van der Waals surface area contributed by atoms with Gasteiger partial charge in [-0.05, 0) is 30.5 Å². The molecule has 0 aliphatic carbocycles. The molecule has 7 heteroatoms. The smallest absolute Gasteiger partial charge is 0.305 e. The Morgan fingerprint density at radius 1 is 1.17 bits per heavy atom. The molecule has 2 amide bonds. The Morgan fingerprint density at radius 2 is 1.91 bits per heavy atom. The van der Waals surface area contributed by atoms with E-state index in [4.69, 9.17) is 9.84 Å². The molecular weight excluding hydrogens is 300 g/mol. The van der Waals surface area contributed by atoms with Gasteiger partial charge in [-0.1, -0.05) is 12.1 Å². The van der Waals surface area contributed by atoms with E-state index in [1.165, 1.54) is 0 Å². The zero-order valence-electron chi connectivity index (χ0n) is 12.7. The van der Waals surface area contributed by atoms with Crippen LogP contribution in [0.4, 0.5) is 0 Å². The quantitative estimate of drug-likeness (QED) is 0.685. The van der Waals surface area contributed by atoms with E-state index < -0.39 is 5.97 Å². The Labute approximate surface area is 134 Å². The second-order valence-electron chi connectivity index (χ2n) is 5.32. The zero-order valence-corrected chi connectivity index (χ0v) is 12.7. The lowest BCUT2D eigenvalue weighted by Gasteiger charge is -2.10. The Morgan fingerprint density at radius 3 is 2.52 bits per heavy atom. The lowest BCUT2D eigenvalue weighted by molar-refractivity contribution is -0.136. The molecule has 0 spiro atoms. The molecule has 0 saturated carbocycles. The normalized spacial score (nSPS) is 16.8. The molecular formula is C16H20N2O5. The van der Waals surface area contributed by atoms with Crippen LogP contribution in [0.2, 0.25) is 0 Å². The van der Waals surface area contributed by atoms with Gasteiger partial charge in [0.1, 0.15) is 6.10 Å². The Balaban J connectivity index is 1.78. The molecule has 1 aromatic rings. The van der Waals surface area contributed by atoms with Crippen molar-refractivity contribution in [2.75, 3.05) is 13.2 Å². The molecule has 1 fully saturated rings. The average molecular weight is 320 g/mol. The largest absolute Gasteiger partial charge is 0.481 e. The number of nitrogens with one attached hydrogen (secondary N) is 2. The number of benzene rings is 1. The van der Waals surface area contributed by atoms with Crippen molar-refractivity contribution in [2.45, 2.75) is 31.9 Å². The van der Waals surface area contributed by atoms with E-state index in [2.05, 4.69) is 10.6 Å². The number of carboxylic acid groups (broad SMARTS) is 1. The molecule has 0 bridgehead atoms. The minimum absolute atomic E-state index is 0.0906. The minimum atomic E-state index is -0.956. The summed E-state index contributed by atoms with van der Waals surface area (Å²) in [6.07, 6.45) is 1.19. The van der Waals surface area contributed by atoms with Crippen molar-refractivity contribution >= 4 is 17.8 Å². The lowest BCUT2D eigenvalue weighted by atomic mass is 10.1. The monoisotopic (exact) mass is 320 g/mol. The summed E-state index contributed by atoms with van der Waals surface area (Å²) >= 11 is 0. The number of hydrogen-bond donors (Lipinski definition) is 3. The van der Waals surface area contributed by atoms with Gasteiger partial charge in [-0.3, -0.25) is 14.4 Å². The van der Waals surface area contributed by atoms with Gasteiger partial charge >= 0.3 is 5.97 Å². The average Bonchev–Trinajstić information content (AvgIpc) is 3.07. The van der Waals surface area contributed by atoms with Crippen LogP contribution < -0.4 is 10.6 Å². The molecule has 1 aliphatic heterocycles. The third kappa shape index (κ3) is 5.37. The molecule has 3 N–H and O–H groups in total. The predicted molar refractivity (Wildman–Crippen MR) is 81.8 cm³/mol. The summed E-state index contributed by atoms with van der Waals surface area (Å²) < 4.78 is 5.30. The first-order chi connectivity index (χ1) is 11.1. The highest BCUT2D eigenvalue weighted by molar-refractivity contribution is 5.94. The number of carboxylic acids is 1. The second kappa shape index (κ2) is 8.28. The number of carbonyl (C=O) groups is 3. The van der Waals surface area contributed by atoms with Crippen LogP contribution in [0.5, 0.6) is 0 Å². The molecule has 1 heterocycles. The minimum Gasteiger partial charge on any atom is -0.481 e. The Kier molecular flexibility index (Phi) is 6.10. The van der Waals surface area contributed by atoms with Crippen molar-refractivity contribution in [1.29, 1.82) is 0 Å². The highest BCUT2D eigenvalue weighted by Gasteiger charge is 2.22. The first-order valence-corrected chi connectivity index (χ1v) is 7.54. The first-order valence-electron chi connectivity index (χ1n) is 7.54. The van der Waals surface area contributed by atoms with Crippen LogP contribution in [-0.2, 0) is 20.9 Å². The fourth-order valence-electron chi connectivity index (χ4n) is 2.25. The Hall–Kier alpha value is -2.41. The van der Waals surface area contributed by atoms with Crippen LogP contribution in [0.15, 0.2) is 24.3 Å². The summed E-state index contributed by atoms with van der Waals surface area (Å²) in [4.78, 5) is 34.0. The van der Waals surface area contributed by atoms with Gasteiger partial charge in [0.15, 0.2) is 0 Å². The number of amides is 2. The SMILES string of the molecule is O=C(O)CCNC(=O)c1ccc(CNC(=O)C2CCCO2)cc1. The van der Waals surface area contributed by atoms with Crippen molar-refractivity contribution in [3.05, 3.63) is 35.4 Å². The lowest BCUT2D eigenvalue weighted by Crippen LogP contribution is -2.33. The van der Waals surface area contributed by atoms with E-state index in [1.54, 1.807) is 24.3 Å². The van der Waals surface area contributed by atoms with E-state index in [1.807, 2.05) is 0 Å². The molecule has 1 saturated heterocycles. The van der Waals surface area contributed by atoms with Crippen LogP contribution in [0.1, 0.15) is 35.2 Å². The van der Waals surface area contributed by atoms with Gasteiger partial charge in [0, 0.05) is 25.3 Å². The number of aliphatic carboxylic acids is 1. The van der Waals surface area contributed by atoms with Crippen LogP contribution in [0.3, 0.4) is 0 Å². The summed E-state index contributed by atoms with van der Waals surface area (Å²) in [7, 11) is 0. The number of carbonyl (C=O) groups excluding carboxylic acids is 2. The van der Waals surface area contributed by atoms with Gasteiger partial charge in [-0.25, -0.2) is 0 Å². The molecule has 23 heavy (non-hydrogen) atoms. The topological polar surface area (TPSA) is 105 Å². The number of rotatable bonds is 7. The summed E-state index contributed by atoms with van der Waals surface area (Å²) in [5.74, 6) is -1.39. The first kappa shape index (κ1) is 17.0. The molecule has 7 nitrogen and oxygen atoms in total. The number of hydrogen-bond acceptors (Lipinski definition) is 4. The highest BCUT2D eigenvalue weighted by atomic mass is 16.5. The van der Waals surface area contributed by atoms with Crippen molar-refractivity contribution in [3.8, 4) is 0 Å². The second-order valence-corrected chi connectivity index (χ2v) is 5.32. The zero-order chi connectivity index (χ0) is 16.7. The van der Waals surface area contributed by atoms with Crippen LogP contribution in [0, 0.1) is 0 Å². The maximum absolute atomic E-state index is 11.8. The molecule has 0 aromatic heterocycles. The van der Waals surface area contributed by atoms with Gasteiger partial charge in [0.25, 0.3) is 5.91 Å². The summed E-state index contributed by atoms with van der Waals surface area (Å²) in [6, 6.07) is 6.79. The molecule has 124 valence electrons. The predicted octanol–water partition coefficient (Wildman–Crippen LogP) is 0.686. The molecule has 1 unspecified atom stereocenters. The fourth-order valence-corrected chi connectivity index (χ4v) is 2.25. The summed E-state index contributed by atoms with van der Waals surface area (Å²) in [6.45, 7) is 1.09. The number of ether oxygens (including phenoxy) is 1. The molecule has 0 radical (unpaired) electrons. The molecule has 1 aromatic carbocycles. The third-order valence-corrected chi connectivity index (χ3v) is 3.53.